The Morgan fingerprint density at radius 3 is 2.44 bits per heavy atom. The summed E-state index contributed by atoms with van der Waals surface area (Å²) in [4.78, 5) is 5.53. The lowest BCUT2D eigenvalue weighted by Crippen LogP contribution is -2.32. The molecule has 0 radical (unpaired) electrons. The third-order valence-electron chi connectivity index (χ3n) is 9.74. The molecular formula is C39H60N2. The van der Waals surface area contributed by atoms with Gasteiger partial charge in [-0.25, -0.2) is 0 Å². The highest BCUT2D eigenvalue weighted by molar-refractivity contribution is 5.64. The van der Waals surface area contributed by atoms with Gasteiger partial charge in [0.25, 0.3) is 0 Å². The predicted molar refractivity (Wildman–Crippen MR) is 179 cm³/mol. The van der Waals surface area contributed by atoms with Crippen molar-refractivity contribution < 1.29 is 0 Å². The van der Waals surface area contributed by atoms with E-state index < -0.39 is 0 Å². The molecule has 2 heteroatoms. The molecule has 1 N–H and O–H groups in total. The van der Waals surface area contributed by atoms with Gasteiger partial charge in [-0.1, -0.05) is 128 Å². The van der Waals surface area contributed by atoms with Crippen molar-refractivity contribution in [2.24, 2.45) is 11.3 Å². The quantitative estimate of drug-likeness (QED) is 0.213. The molecule has 0 bridgehead atoms. The van der Waals surface area contributed by atoms with E-state index in [0.29, 0.717) is 17.2 Å². The van der Waals surface area contributed by atoms with E-state index >= 15 is 0 Å². The molecule has 2 nitrogen and oxygen atoms in total. The van der Waals surface area contributed by atoms with E-state index in [2.05, 4.69) is 83.2 Å². The number of hydrogen-bond donors (Lipinski definition) is 1. The molecule has 3 rings (SSSR count). The summed E-state index contributed by atoms with van der Waals surface area (Å²) < 4.78 is 0. The van der Waals surface area contributed by atoms with E-state index in [1.165, 1.54) is 107 Å². The Labute approximate surface area is 253 Å². The molecular weight excluding hydrogens is 496 g/mol. The summed E-state index contributed by atoms with van der Waals surface area (Å²) >= 11 is 0. The number of aryl methyl sites for hydroxylation is 1. The lowest BCUT2D eigenvalue weighted by Gasteiger charge is -2.42. The number of rotatable bonds is 11. The molecule has 2 aliphatic carbocycles. The zero-order chi connectivity index (χ0) is 29.5. The van der Waals surface area contributed by atoms with Crippen LogP contribution in [-0.2, 0) is 6.42 Å². The minimum absolute atomic E-state index is 0.135. The van der Waals surface area contributed by atoms with Crippen molar-refractivity contribution in [2.45, 2.75) is 150 Å². The van der Waals surface area contributed by atoms with Crippen LogP contribution in [0.4, 0.5) is 0 Å². The van der Waals surface area contributed by atoms with Gasteiger partial charge >= 0.3 is 0 Å². The Balaban J connectivity index is 2.19. The molecule has 41 heavy (non-hydrogen) atoms. The summed E-state index contributed by atoms with van der Waals surface area (Å²) in [6, 6.07) is 4.50. The standard InChI is InChI=1S/C39H60N2/c1-6-9-11-22-28-35-34(27-21-17-13-16-20-26-33(25-10-7-2)39(35,4)5)37-30-31(8-3)29-36(40)38(41-37)32-23-18-14-12-15-19-24-32/h12,14-15,18,24,26,29-30,34-35,40H,6-11,13,16-17,19-23,25,27-28H2,1-5H3/b15-12-,18-14-,32-24?,33-26?,40-36?. The summed E-state index contributed by atoms with van der Waals surface area (Å²) in [5.74, 6) is 0.964. The van der Waals surface area contributed by atoms with Crippen LogP contribution in [0, 0.1) is 16.7 Å². The fourth-order valence-electron chi connectivity index (χ4n) is 7.11. The first-order chi connectivity index (χ1) is 19.9. The second-order valence-electron chi connectivity index (χ2n) is 13.2. The highest BCUT2D eigenvalue weighted by atomic mass is 14.7. The largest absolute Gasteiger partial charge is 0.299 e. The minimum Gasteiger partial charge on any atom is -0.299 e. The average molecular weight is 557 g/mol. The first kappa shape index (κ1) is 33.3. The van der Waals surface area contributed by atoms with Crippen LogP contribution in [0.2, 0.25) is 0 Å². The number of unbranched alkanes of at least 4 members (excludes halogenated alkanes) is 4. The Hall–Kier alpha value is -2.22. The Morgan fingerprint density at radius 2 is 1.66 bits per heavy atom. The van der Waals surface area contributed by atoms with Crippen molar-refractivity contribution in [3.05, 3.63) is 76.5 Å². The van der Waals surface area contributed by atoms with Crippen LogP contribution < -0.4 is 5.36 Å². The molecule has 226 valence electrons. The summed E-state index contributed by atoms with van der Waals surface area (Å²) in [7, 11) is 0. The van der Waals surface area contributed by atoms with E-state index in [0.717, 1.165) is 25.0 Å². The van der Waals surface area contributed by atoms with Gasteiger partial charge in [0.1, 0.15) is 0 Å². The molecule has 0 spiro atoms. The number of hydrogen-bond acceptors (Lipinski definition) is 2. The van der Waals surface area contributed by atoms with Crippen LogP contribution >= 0.6 is 0 Å². The summed E-state index contributed by atoms with van der Waals surface area (Å²) in [5.41, 5.74) is 6.44. The molecule has 0 aliphatic heterocycles. The van der Waals surface area contributed by atoms with Crippen LogP contribution in [0.25, 0.3) is 5.57 Å². The third kappa shape index (κ3) is 9.93. The first-order valence-electron chi connectivity index (χ1n) is 17.2. The van der Waals surface area contributed by atoms with Gasteiger partial charge in [-0.15, -0.1) is 0 Å². The molecule has 0 saturated carbocycles. The van der Waals surface area contributed by atoms with Gasteiger partial charge in [-0.3, -0.25) is 10.4 Å². The van der Waals surface area contributed by atoms with Crippen LogP contribution in [0.5, 0.6) is 0 Å². The fraction of sp³-hybridized carbons (Fsp3) is 0.641. The Kier molecular flexibility index (Phi) is 14.3. The molecule has 2 unspecified atom stereocenters. The van der Waals surface area contributed by atoms with Crippen molar-refractivity contribution in [1.82, 2.24) is 4.98 Å². The maximum Gasteiger partial charge on any atom is 0.0914 e. The van der Waals surface area contributed by atoms with E-state index in [9.17, 15) is 0 Å². The number of aromatic nitrogens is 1. The second kappa shape index (κ2) is 17.7. The van der Waals surface area contributed by atoms with Crippen LogP contribution in [-0.4, -0.2) is 4.98 Å². The Morgan fingerprint density at radius 1 is 0.878 bits per heavy atom. The van der Waals surface area contributed by atoms with Crippen molar-refractivity contribution in [3.8, 4) is 0 Å². The van der Waals surface area contributed by atoms with Gasteiger partial charge in [0, 0.05) is 11.6 Å². The van der Waals surface area contributed by atoms with Gasteiger partial charge < -0.3 is 0 Å². The topological polar surface area (TPSA) is 36.7 Å². The monoisotopic (exact) mass is 556 g/mol. The molecule has 1 aromatic rings. The normalized spacial score (nSPS) is 23.3. The van der Waals surface area contributed by atoms with Gasteiger partial charge in [0.15, 0.2) is 0 Å². The van der Waals surface area contributed by atoms with Crippen molar-refractivity contribution in [1.29, 1.82) is 5.41 Å². The van der Waals surface area contributed by atoms with Crippen molar-refractivity contribution >= 4 is 5.57 Å². The maximum absolute atomic E-state index is 9.12. The molecule has 0 saturated heterocycles. The lowest BCUT2D eigenvalue weighted by molar-refractivity contribution is 0.184. The molecule has 2 aliphatic rings. The second-order valence-corrected chi connectivity index (χ2v) is 13.2. The zero-order valence-electron chi connectivity index (χ0n) is 27.2. The fourth-order valence-corrected chi connectivity index (χ4v) is 7.11. The molecule has 0 aromatic carbocycles. The smallest absolute Gasteiger partial charge is 0.0914 e. The number of allylic oxidation sites excluding steroid dienone is 8. The summed E-state index contributed by atoms with van der Waals surface area (Å²) in [5, 5.41) is 9.70. The third-order valence-corrected chi connectivity index (χ3v) is 9.74. The summed E-state index contributed by atoms with van der Waals surface area (Å²) in [6.45, 7) is 12.0. The molecule has 0 amide bonds. The highest BCUT2D eigenvalue weighted by Crippen LogP contribution is 2.49. The molecule has 1 aromatic heterocycles. The van der Waals surface area contributed by atoms with Gasteiger partial charge in [0.2, 0.25) is 0 Å². The molecule has 0 fully saturated rings. The highest BCUT2D eigenvalue weighted by Gasteiger charge is 2.39. The van der Waals surface area contributed by atoms with Crippen LogP contribution in [0.15, 0.2) is 54.2 Å². The lowest BCUT2D eigenvalue weighted by atomic mass is 9.63. The van der Waals surface area contributed by atoms with E-state index in [1.54, 1.807) is 5.57 Å². The number of nitrogens with one attached hydrogen (secondary N) is 1. The van der Waals surface area contributed by atoms with Crippen LogP contribution in [0.3, 0.4) is 0 Å². The SMILES string of the molecule is CCCCCCC1C(c2cc(CC)cc(=N)c(C3=CC/C=C\C=C/C3)n2)CCCCCCC=C(CCCC)C1(C)C. The van der Waals surface area contributed by atoms with E-state index in [1.807, 2.05) is 0 Å². The van der Waals surface area contributed by atoms with Crippen molar-refractivity contribution in [3.63, 3.8) is 0 Å². The summed E-state index contributed by atoms with van der Waals surface area (Å²) in [6.07, 6.45) is 34.3. The maximum atomic E-state index is 9.12. The zero-order valence-corrected chi connectivity index (χ0v) is 27.2. The van der Waals surface area contributed by atoms with Gasteiger partial charge in [-0.2, -0.15) is 0 Å². The molecule has 2 atom stereocenters. The predicted octanol–water partition coefficient (Wildman–Crippen LogP) is 11.6. The Bertz CT molecular complexity index is 1120. The van der Waals surface area contributed by atoms with E-state index in [-0.39, 0.29) is 5.41 Å². The molecule has 1 heterocycles. The van der Waals surface area contributed by atoms with Crippen molar-refractivity contribution in [2.75, 3.05) is 0 Å². The average Bonchev–Trinajstić information content (AvgIpc) is 3.11. The van der Waals surface area contributed by atoms with E-state index in [4.69, 9.17) is 10.4 Å². The first-order valence-corrected chi connectivity index (χ1v) is 17.2. The minimum atomic E-state index is 0.135. The van der Waals surface area contributed by atoms with Gasteiger partial charge in [-0.05, 0) is 92.4 Å². The van der Waals surface area contributed by atoms with Gasteiger partial charge in [0.05, 0.1) is 11.1 Å². The number of nitrogens with zero attached hydrogens (tertiary/aromatic N) is 1. The van der Waals surface area contributed by atoms with Crippen LogP contribution in [0.1, 0.15) is 160 Å².